The lowest BCUT2D eigenvalue weighted by Gasteiger charge is -2.04. The fourth-order valence-corrected chi connectivity index (χ4v) is 2.50. The summed E-state index contributed by atoms with van der Waals surface area (Å²) in [7, 11) is 0. The van der Waals surface area contributed by atoms with Crippen LogP contribution < -0.4 is 5.32 Å². The predicted molar refractivity (Wildman–Crippen MR) is 89.2 cm³/mol. The molecule has 3 aromatic rings. The van der Waals surface area contributed by atoms with Crippen LogP contribution in [0.25, 0.3) is 5.69 Å². The Morgan fingerprint density at radius 3 is 2.57 bits per heavy atom. The molecule has 23 heavy (non-hydrogen) atoms. The summed E-state index contributed by atoms with van der Waals surface area (Å²) in [6, 6.07) is 17.1. The molecular formula is C16H13N5OS. The second kappa shape index (κ2) is 7.37. The molecule has 0 spiro atoms. The molecular weight excluding hydrogens is 310 g/mol. The third-order valence-electron chi connectivity index (χ3n) is 2.92. The average Bonchev–Trinajstić information content (AvgIpc) is 3.11. The second-order valence-electron chi connectivity index (χ2n) is 4.52. The fraction of sp³-hybridized carbons (Fsp3) is 0. The average molecular weight is 323 g/mol. The van der Waals surface area contributed by atoms with Gasteiger partial charge in [0.15, 0.2) is 0 Å². The van der Waals surface area contributed by atoms with Crippen LogP contribution in [-0.2, 0) is 4.79 Å². The van der Waals surface area contributed by atoms with Crippen LogP contribution in [-0.4, -0.2) is 26.1 Å². The Bertz CT molecular complexity index is 785. The molecule has 0 radical (unpaired) electrons. The van der Waals surface area contributed by atoms with Gasteiger partial charge in [0.05, 0.1) is 5.69 Å². The topological polar surface area (TPSA) is 72.7 Å². The summed E-state index contributed by atoms with van der Waals surface area (Å²) < 4.78 is 1.54. The maximum atomic E-state index is 11.9. The molecule has 0 aliphatic rings. The summed E-state index contributed by atoms with van der Waals surface area (Å²) in [5, 5.41) is 15.5. The Hall–Kier alpha value is -2.93. The van der Waals surface area contributed by atoms with E-state index in [9.17, 15) is 4.79 Å². The van der Waals surface area contributed by atoms with Gasteiger partial charge in [-0.3, -0.25) is 4.79 Å². The molecule has 0 unspecified atom stereocenters. The smallest absolute Gasteiger partial charge is 0.248 e. The van der Waals surface area contributed by atoms with Crippen molar-refractivity contribution in [2.24, 2.45) is 0 Å². The third-order valence-corrected chi connectivity index (χ3v) is 3.73. The van der Waals surface area contributed by atoms with Crippen molar-refractivity contribution in [3.8, 4) is 5.69 Å². The third kappa shape index (κ3) is 4.27. The van der Waals surface area contributed by atoms with E-state index in [1.54, 1.807) is 22.2 Å². The Morgan fingerprint density at radius 2 is 1.87 bits per heavy atom. The molecule has 0 aliphatic carbocycles. The van der Waals surface area contributed by atoms with E-state index in [2.05, 4.69) is 20.8 Å². The van der Waals surface area contributed by atoms with Gasteiger partial charge in [0.1, 0.15) is 6.33 Å². The summed E-state index contributed by atoms with van der Waals surface area (Å²) in [6.45, 7) is 0. The molecule has 0 bridgehead atoms. The van der Waals surface area contributed by atoms with Gasteiger partial charge in [0.2, 0.25) is 5.91 Å². The standard InChI is InChI=1S/C16H13N5OS/c22-16(10-11-23-15-4-2-1-3-5-15)18-13-6-8-14(9-7-13)21-12-17-19-20-21/h1-12H,(H,18,22)/b11-10+. The number of nitrogens with zero attached hydrogens (tertiary/aromatic N) is 4. The summed E-state index contributed by atoms with van der Waals surface area (Å²) in [5.41, 5.74) is 1.53. The van der Waals surface area contributed by atoms with Gasteiger partial charge < -0.3 is 5.32 Å². The molecule has 0 fully saturated rings. The largest absolute Gasteiger partial charge is 0.322 e. The lowest BCUT2D eigenvalue weighted by Crippen LogP contribution is -2.07. The van der Waals surface area contributed by atoms with Crippen LogP contribution in [0.1, 0.15) is 0 Å². The second-order valence-corrected chi connectivity index (χ2v) is 5.50. The fourth-order valence-electron chi connectivity index (χ4n) is 1.83. The van der Waals surface area contributed by atoms with Crippen molar-refractivity contribution >= 4 is 23.4 Å². The van der Waals surface area contributed by atoms with Gasteiger partial charge in [-0.05, 0) is 52.2 Å². The molecule has 0 aliphatic heterocycles. The van der Waals surface area contributed by atoms with E-state index in [0.29, 0.717) is 5.69 Å². The summed E-state index contributed by atoms with van der Waals surface area (Å²) in [6.07, 6.45) is 3.02. The van der Waals surface area contributed by atoms with Gasteiger partial charge in [-0.2, -0.15) is 0 Å². The zero-order valence-electron chi connectivity index (χ0n) is 12.0. The highest BCUT2D eigenvalue weighted by Crippen LogP contribution is 2.18. The molecule has 0 saturated heterocycles. The number of carbonyl (C=O) groups is 1. The Labute approximate surface area is 137 Å². The van der Waals surface area contributed by atoms with Crippen LogP contribution in [0.15, 0.2) is 77.3 Å². The zero-order chi connectivity index (χ0) is 15.9. The monoisotopic (exact) mass is 323 g/mol. The van der Waals surface area contributed by atoms with E-state index in [4.69, 9.17) is 0 Å². The number of hydrogen-bond donors (Lipinski definition) is 1. The first-order valence-electron chi connectivity index (χ1n) is 6.84. The lowest BCUT2D eigenvalue weighted by atomic mass is 10.3. The van der Waals surface area contributed by atoms with Crippen molar-refractivity contribution in [2.45, 2.75) is 4.90 Å². The quantitative estimate of drug-likeness (QED) is 0.577. The van der Waals surface area contributed by atoms with Crippen LogP contribution >= 0.6 is 11.8 Å². The molecule has 0 atom stereocenters. The molecule has 1 heterocycles. The van der Waals surface area contributed by atoms with Crippen molar-refractivity contribution in [3.05, 3.63) is 72.4 Å². The highest BCUT2D eigenvalue weighted by atomic mass is 32.2. The van der Waals surface area contributed by atoms with Gasteiger partial charge >= 0.3 is 0 Å². The molecule has 1 aromatic heterocycles. The highest BCUT2D eigenvalue weighted by molar-refractivity contribution is 8.02. The molecule has 1 N–H and O–H groups in total. The minimum Gasteiger partial charge on any atom is -0.322 e. The van der Waals surface area contributed by atoms with Crippen LogP contribution in [0.5, 0.6) is 0 Å². The molecule has 7 heteroatoms. The van der Waals surface area contributed by atoms with E-state index >= 15 is 0 Å². The zero-order valence-corrected chi connectivity index (χ0v) is 12.9. The van der Waals surface area contributed by atoms with Gasteiger partial charge in [0.25, 0.3) is 0 Å². The SMILES string of the molecule is O=C(/C=C/Sc1ccccc1)Nc1ccc(-n2cnnn2)cc1. The molecule has 1 amide bonds. The Kier molecular flexibility index (Phi) is 4.80. The van der Waals surface area contributed by atoms with Crippen molar-refractivity contribution in [3.63, 3.8) is 0 Å². The minimum atomic E-state index is -0.177. The summed E-state index contributed by atoms with van der Waals surface area (Å²) in [4.78, 5) is 13.0. The van der Waals surface area contributed by atoms with Crippen LogP contribution in [0, 0.1) is 0 Å². The van der Waals surface area contributed by atoms with E-state index in [1.165, 1.54) is 24.2 Å². The van der Waals surface area contributed by atoms with E-state index < -0.39 is 0 Å². The number of carbonyl (C=O) groups excluding carboxylic acids is 1. The van der Waals surface area contributed by atoms with Crippen LogP contribution in [0.3, 0.4) is 0 Å². The van der Waals surface area contributed by atoms with E-state index in [0.717, 1.165) is 10.6 Å². The number of aromatic nitrogens is 4. The number of rotatable bonds is 5. The maximum absolute atomic E-state index is 11.9. The predicted octanol–water partition coefficient (Wildman–Crippen LogP) is 2.91. The summed E-state index contributed by atoms with van der Waals surface area (Å²) >= 11 is 1.49. The first-order valence-corrected chi connectivity index (χ1v) is 7.72. The minimum absolute atomic E-state index is 0.177. The van der Waals surface area contributed by atoms with Gasteiger partial charge in [0, 0.05) is 16.7 Å². The Balaban J connectivity index is 1.55. The summed E-state index contributed by atoms with van der Waals surface area (Å²) in [5.74, 6) is -0.177. The number of anilines is 1. The number of benzene rings is 2. The Morgan fingerprint density at radius 1 is 1.09 bits per heavy atom. The van der Waals surface area contributed by atoms with Crippen molar-refractivity contribution in [2.75, 3.05) is 5.32 Å². The molecule has 2 aromatic carbocycles. The number of nitrogens with one attached hydrogen (secondary N) is 1. The van der Waals surface area contributed by atoms with E-state index in [-0.39, 0.29) is 5.91 Å². The highest BCUT2D eigenvalue weighted by Gasteiger charge is 2.00. The molecule has 114 valence electrons. The molecule has 0 saturated carbocycles. The first-order chi connectivity index (χ1) is 11.3. The number of thioether (sulfide) groups is 1. The van der Waals surface area contributed by atoms with Gasteiger partial charge in [-0.15, -0.1) is 5.10 Å². The van der Waals surface area contributed by atoms with Gasteiger partial charge in [-0.1, -0.05) is 30.0 Å². The van der Waals surface area contributed by atoms with Crippen LogP contribution in [0.4, 0.5) is 5.69 Å². The van der Waals surface area contributed by atoms with Crippen LogP contribution in [0.2, 0.25) is 0 Å². The number of hydrogen-bond acceptors (Lipinski definition) is 5. The van der Waals surface area contributed by atoms with Crippen molar-refractivity contribution in [1.29, 1.82) is 0 Å². The number of tetrazole rings is 1. The van der Waals surface area contributed by atoms with Crippen molar-refractivity contribution < 1.29 is 4.79 Å². The number of amides is 1. The lowest BCUT2D eigenvalue weighted by molar-refractivity contribution is -0.111. The molecule has 3 rings (SSSR count). The van der Waals surface area contributed by atoms with Gasteiger partial charge in [-0.25, -0.2) is 4.68 Å². The maximum Gasteiger partial charge on any atom is 0.248 e. The molecule has 6 nitrogen and oxygen atoms in total. The van der Waals surface area contributed by atoms with Crippen molar-refractivity contribution in [1.82, 2.24) is 20.2 Å². The van der Waals surface area contributed by atoms with E-state index in [1.807, 2.05) is 42.5 Å². The first kappa shape index (κ1) is 15.0. The normalized spacial score (nSPS) is 10.8.